The van der Waals surface area contributed by atoms with Crippen LogP contribution in [-0.4, -0.2) is 11.1 Å². The van der Waals surface area contributed by atoms with Crippen molar-refractivity contribution in [3.8, 4) is 0 Å². The normalized spacial score (nSPS) is 24.2. The second kappa shape index (κ2) is 5.94. The first-order valence-electron chi connectivity index (χ1n) is 7.80. The number of carboxylic acids is 1. The summed E-state index contributed by atoms with van der Waals surface area (Å²) in [7, 11) is 0. The van der Waals surface area contributed by atoms with E-state index in [1.54, 1.807) is 12.1 Å². The van der Waals surface area contributed by atoms with E-state index in [9.17, 15) is 9.90 Å². The molecule has 1 aliphatic carbocycles. The molecule has 4 rings (SSSR count). The molecule has 0 saturated carbocycles. The van der Waals surface area contributed by atoms with E-state index in [-0.39, 0.29) is 17.9 Å². The van der Waals surface area contributed by atoms with Crippen LogP contribution < -0.4 is 5.32 Å². The van der Waals surface area contributed by atoms with Crippen LogP contribution in [0.2, 0.25) is 5.02 Å². The lowest BCUT2D eigenvalue weighted by Crippen LogP contribution is -2.30. The number of benzene rings is 2. The van der Waals surface area contributed by atoms with Crippen LogP contribution in [0.25, 0.3) is 0 Å². The van der Waals surface area contributed by atoms with Gasteiger partial charge in [0.1, 0.15) is 0 Å². The Morgan fingerprint density at radius 1 is 1.29 bits per heavy atom. The molecule has 122 valence electrons. The molecule has 0 saturated heterocycles. The SMILES string of the molecule is O=C(O)c1ccc(Cl)c2c1[C@H]1C=CC[C@H]1[C@@H](c1cccc(Br)c1)N2. The maximum atomic E-state index is 11.7. The van der Waals surface area contributed by atoms with Crippen molar-refractivity contribution in [1.82, 2.24) is 0 Å². The Bertz CT molecular complexity index is 864. The van der Waals surface area contributed by atoms with Crippen molar-refractivity contribution >= 4 is 39.2 Å². The summed E-state index contributed by atoms with van der Waals surface area (Å²) in [6.45, 7) is 0. The first-order chi connectivity index (χ1) is 11.6. The quantitative estimate of drug-likeness (QED) is 0.638. The van der Waals surface area contributed by atoms with Crippen molar-refractivity contribution in [3.63, 3.8) is 0 Å². The fourth-order valence-electron chi connectivity index (χ4n) is 3.89. The van der Waals surface area contributed by atoms with E-state index in [0.717, 1.165) is 22.1 Å². The topological polar surface area (TPSA) is 49.3 Å². The van der Waals surface area contributed by atoms with E-state index in [1.165, 1.54) is 5.56 Å². The summed E-state index contributed by atoms with van der Waals surface area (Å²) in [6.07, 6.45) is 5.18. The lowest BCUT2D eigenvalue weighted by molar-refractivity contribution is 0.0695. The molecular weight excluding hydrogens is 390 g/mol. The predicted octanol–water partition coefficient (Wildman–Crippen LogP) is 5.63. The van der Waals surface area contributed by atoms with Gasteiger partial charge in [0.15, 0.2) is 0 Å². The number of aromatic carboxylic acids is 1. The van der Waals surface area contributed by atoms with E-state index >= 15 is 0 Å². The smallest absolute Gasteiger partial charge is 0.336 e. The highest BCUT2D eigenvalue weighted by Crippen LogP contribution is 2.52. The van der Waals surface area contributed by atoms with Crippen molar-refractivity contribution in [3.05, 3.63) is 74.7 Å². The molecule has 2 aromatic rings. The van der Waals surface area contributed by atoms with Gasteiger partial charge >= 0.3 is 5.97 Å². The molecule has 1 aliphatic heterocycles. The standard InChI is InChI=1S/C19H15BrClNO2/c20-11-4-1-3-10(9-11)17-13-6-2-5-12(13)16-14(19(23)24)7-8-15(21)18(16)22-17/h1-5,7-9,12-13,17,22H,6H2,(H,23,24)/t12-,13+,17+/m0/s1. The fraction of sp³-hybridized carbons (Fsp3) is 0.211. The minimum absolute atomic E-state index is 0.0648. The molecule has 2 aliphatic rings. The van der Waals surface area contributed by atoms with Gasteiger partial charge in [0, 0.05) is 10.4 Å². The van der Waals surface area contributed by atoms with Gasteiger partial charge in [0.2, 0.25) is 0 Å². The zero-order chi connectivity index (χ0) is 16.8. The molecule has 2 aromatic carbocycles. The van der Waals surface area contributed by atoms with Crippen LogP contribution in [0, 0.1) is 5.92 Å². The van der Waals surface area contributed by atoms with Crippen LogP contribution in [0.1, 0.15) is 39.9 Å². The zero-order valence-corrected chi connectivity index (χ0v) is 15.0. The fourth-order valence-corrected chi connectivity index (χ4v) is 4.53. The van der Waals surface area contributed by atoms with Crippen LogP contribution in [0.15, 0.2) is 53.0 Å². The lowest BCUT2D eigenvalue weighted by Gasteiger charge is -2.38. The summed E-state index contributed by atoms with van der Waals surface area (Å²) >= 11 is 9.94. The van der Waals surface area contributed by atoms with E-state index in [4.69, 9.17) is 11.6 Å². The molecule has 1 heterocycles. The molecule has 3 atom stereocenters. The lowest BCUT2D eigenvalue weighted by atomic mass is 9.75. The summed E-state index contributed by atoms with van der Waals surface area (Å²) < 4.78 is 1.03. The van der Waals surface area contributed by atoms with Crippen LogP contribution in [0.5, 0.6) is 0 Å². The summed E-state index contributed by atoms with van der Waals surface area (Å²) in [4.78, 5) is 11.7. The van der Waals surface area contributed by atoms with Gasteiger partial charge in [-0.1, -0.05) is 51.8 Å². The van der Waals surface area contributed by atoms with Crippen molar-refractivity contribution < 1.29 is 9.90 Å². The summed E-state index contributed by atoms with van der Waals surface area (Å²) in [6, 6.07) is 11.6. The van der Waals surface area contributed by atoms with E-state index < -0.39 is 5.97 Å². The third-order valence-electron chi connectivity index (χ3n) is 4.91. The van der Waals surface area contributed by atoms with Crippen molar-refractivity contribution in [2.24, 2.45) is 5.92 Å². The van der Waals surface area contributed by atoms with Gasteiger partial charge in [-0.25, -0.2) is 4.79 Å². The van der Waals surface area contributed by atoms with E-state index in [1.807, 2.05) is 12.1 Å². The van der Waals surface area contributed by atoms with Crippen LogP contribution in [-0.2, 0) is 0 Å². The molecule has 2 N–H and O–H groups in total. The molecular formula is C19H15BrClNO2. The Balaban J connectivity index is 1.88. The number of allylic oxidation sites excluding steroid dienone is 2. The maximum absolute atomic E-state index is 11.7. The molecule has 0 aromatic heterocycles. The Hall–Kier alpha value is -1.78. The van der Waals surface area contributed by atoms with Crippen LogP contribution in [0.3, 0.4) is 0 Å². The van der Waals surface area contributed by atoms with Gasteiger partial charge in [0.25, 0.3) is 0 Å². The zero-order valence-electron chi connectivity index (χ0n) is 12.7. The Kier molecular flexibility index (Phi) is 3.89. The van der Waals surface area contributed by atoms with Gasteiger partial charge in [-0.3, -0.25) is 0 Å². The highest BCUT2D eigenvalue weighted by molar-refractivity contribution is 9.10. The highest BCUT2D eigenvalue weighted by Gasteiger charge is 2.40. The number of halogens is 2. The number of hydrogen-bond acceptors (Lipinski definition) is 2. The number of anilines is 1. The van der Waals surface area contributed by atoms with Gasteiger partial charge in [-0.15, -0.1) is 0 Å². The minimum Gasteiger partial charge on any atom is -0.478 e. The first-order valence-corrected chi connectivity index (χ1v) is 8.97. The van der Waals surface area contributed by atoms with Gasteiger partial charge in [-0.2, -0.15) is 0 Å². The molecule has 24 heavy (non-hydrogen) atoms. The van der Waals surface area contributed by atoms with E-state index in [0.29, 0.717) is 10.6 Å². The van der Waals surface area contributed by atoms with Crippen molar-refractivity contribution in [2.45, 2.75) is 18.4 Å². The molecule has 0 spiro atoms. The number of nitrogens with one attached hydrogen (secondary N) is 1. The second-order valence-corrected chi connectivity index (χ2v) is 7.54. The summed E-state index contributed by atoms with van der Waals surface area (Å²) in [5.41, 5.74) is 3.05. The number of rotatable bonds is 2. The van der Waals surface area contributed by atoms with Crippen LogP contribution in [0.4, 0.5) is 5.69 Å². The maximum Gasteiger partial charge on any atom is 0.336 e. The second-order valence-electron chi connectivity index (χ2n) is 6.22. The van der Waals surface area contributed by atoms with Crippen molar-refractivity contribution in [2.75, 3.05) is 5.32 Å². The number of hydrogen-bond donors (Lipinski definition) is 2. The van der Waals surface area contributed by atoms with Crippen LogP contribution >= 0.6 is 27.5 Å². The number of fused-ring (bicyclic) bond motifs is 3. The Morgan fingerprint density at radius 3 is 2.88 bits per heavy atom. The highest BCUT2D eigenvalue weighted by atomic mass is 79.9. The average Bonchev–Trinajstić information content (AvgIpc) is 3.04. The van der Waals surface area contributed by atoms with Gasteiger partial charge in [-0.05, 0) is 47.7 Å². The predicted molar refractivity (Wildman–Crippen MR) is 98.9 cm³/mol. The first kappa shape index (κ1) is 15.7. The summed E-state index contributed by atoms with van der Waals surface area (Å²) in [5, 5.41) is 13.7. The molecule has 5 heteroatoms. The number of carbonyl (C=O) groups is 1. The Labute approximate surface area is 153 Å². The van der Waals surface area contributed by atoms with Crippen molar-refractivity contribution in [1.29, 1.82) is 0 Å². The largest absolute Gasteiger partial charge is 0.478 e. The third kappa shape index (κ3) is 2.45. The molecule has 0 unspecified atom stereocenters. The molecule has 3 nitrogen and oxygen atoms in total. The van der Waals surface area contributed by atoms with Gasteiger partial charge in [0.05, 0.1) is 22.3 Å². The third-order valence-corrected chi connectivity index (χ3v) is 5.72. The number of carboxylic acid groups (broad SMARTS) is 1. The molecule has 0 fully saturated rings. The summed E-state index contributed by atoms with van der Waals surface area (Å²) in [5.74, 6) is -0.567. The monoisotopic (exact) mass is 403 g/mol. The minimum atomic E-state index is -0.912. The Morgan fingerprint density at radius 2 is 2.12 bits per heavy atom. The average molecular weight is 405 g/mol. The molecule has 0 radical (unpaired) electrons. The molecule has 0 bridgehead atoms. The molecule has 0 amide bonds. The van der Waals surface area contributed by atoms with Gasteiger partial charge < -0.3 is 10.4 Å². The van der Waals surface area contributed by atoms with E-state index in [2.05, 4.69) is 45.5 Å².